The highest BCUT2D eigenvalue weighted by molar-refractivity contribution is 7.80. The number of rotatable bonds is 4. The zero-order valence-corrected chi connectivity index (χ0v) is 14.5. The summed E-state index contributed by atoms with van der Waals surface area (Å²) in [6.07, 6.45) is 6.88. The second-order valence-electron chi connectivity index (χ2n) is 4.76. The predicted octanol–water partition coefficient (Wildman–Crippen LogP) is 2.39. The van der Waals surface area contributed by atoms with Crippen molar-refractivity contribution >= 4 is 40.9 Å². The van der Waals surface area contributed by atoms with Crippen LogP contribution in [0.1, 0.15) is 5.56 Å². The Hall–Kier alpha value is -2.23. The van der Waals surface area contributed by atoms with Crippen LogP contribution in [0.25, 0.3) is 6.08 Å². The molecule has 0 aromatic heterocycles. The molecule has 1 fully saturated rings. The number of carbonyl (C=O) groups excluding carboxylic acids is 1. The predicted molar refractivity (Wildman–Crippen MR) is 93.4 cm³/mol. The van der Waals surface area contributed by atoms with Gasteiger partial charge in [-0.1, -0.05) is 17.5 Å². The van der Waals surface area contributed by atoms with Crippen molar-refractivity contribution in [3.05, 3.63) is 28.4 Å². The molecule has 0 aliphatic carbocycles. The van der Waals surface area contributed by atoms with Crippen molar-refractivity contribution < 1.29 is 14.3 Å². The maximum absolute atomic E-state index is 12.2. The van der Waals surface area contributed by atoms with Gasteiger partial charge in [0.15, 0.2) is 16.6 Å². The van der Waals surface area contributed by atoms with Crippen LogP contribution in [0.15, 0.2) is 17.8 Å². The number of amides is 1. The lowest BCUT2D eigenvalue weighted by Crippen LogP contribution is -2.26. The van der Waals surface area contributed by atoms with Gasteiger partial charge in [0.1, 0.15) is 12.3 Å². The van der Waals surface area contributed by atoms with Crippen LogP contribution in [0.5, 0.6) is 11.5 Å². The molecule has 1 aromatic carbocycles. The number of hydrogen-bond acceptors (Lipinski definition) is 4. The van der Waals surface area contributed by atoms with Gasteiger partial charge in [-0.3, -0.25) is 9.69 Å². The Morgan fingerprint density at radius 3 is 2.61 bits per heavy atom. The zero-order valence-electron chi connectivity index (χ0n) is 12.9. The van der Waals surface area contributed by atoms with E-state index < -0.39 is 0 Å². The summed E-state index contributed by atoms with van der Waals surface area (Å²) < 4.78 is 10.7. The van der Waals surface area contributed by atoms with Gasteiger partial charge in [-0.25, -0.2) is 0 Å². The number of likely N-dealkylation sites (N-methyl/N-ethyl adjacent to an activating group) is 2. The van der Waals surface area contributed by atoms with E-state index in [1.54, 1.807) is 37.2 Å². The summed E-state index contributed by atoms with van der Waals surface area (Å²) in [5, 5.41) is 0.781. The van der Waals surface area contributed by atoms with Crippen molar-refractivity contribution in [3.8, 4) is 23.8 Å². The van der Waals surface area contributed by atoms with Crippen LogP contribution in [-0.4, -0.2) is 48.6 Å². The molecule has 1 heterocycles. The van der Waals surface area contributed by atoms with Crippen LogP contribution in [0.3, 0.4) is 0 Å². The Morgan fingerprint density at radius 2 is 2.09 bits per heavy atom. The van der Waals surface area contributed by atoms with Crippen molar-refractivity contribution in [1.29, 1.82) is 0 Å². The van der Waals surface area contributed by atoms with E-state index in [1.807, 2.05) is 0 Å². The summed E-state index contributed by atoms with van der Waals surface area (Å²) in [6, 6.07) is 3.39. The second kappa shape index (κ2) is 6.90. The van der Waals surface area contributed by atoms with Gasteiger partial charge >= 0.3 is 0 Å². The maximum atomic E-state index is 12.2. The average molecular weight is 351 g/mol. The molecule has 0 spiro atoms. The maximum Gasteiger partial charge on any atom is 0.276 e. The van der Waals surface area contributed by atoms with Crippen LogP contribution in [0, 0.1) is 12.3 Å². The molecule has 23 heavy (non-hydrogen) atoms. The first-order valence-electron chi connectivity index (χ1n) is 6.62. The molecule has 1 amide bonds. The topological polar surface area (TPSA) is 42.0 Å². The summed E-state index contributed by atoms with van der Waals surface area (Å²) in [5.41, 5.74) is 1.14. The molecule has 0 N–H and O–H groups in total. The Balaban J connectivity index is 2.44. The molecule has 5 nitrogen and oxygen atoms in total. The van der Waals surface area contributed by atoms with Gasteiger partial charge in [0.2, 0.25) is 0 Å². The molecule has 0 saturated carbocycles. The first kappa shape index (κ1) is 17.1. The van der Waals surface area contributed by atoms with E-state index >= 15 is 0 Å². The second-order valence-corrected chi connectivity index (χ2v) is 5.53. The molecule has 0 bridgehead atoms. The summed E-state index contributed by atoms with van der Waals surface area (Å²) in [5.74, 6) is 2.99. The molecule has 0 atom stereocenters. The standard InChI is InChI=1S/C16H15ClN2O3S/c1-5-6-22-14-11(17)7-10(9-13(14)21-4)8-12-15(20)19(3)16(23)18(12)2/h1,7-9H,6H2,2-4H3/b12-8-. The van der Waals surface area contributed by atoms with Crippen LogP contribution < -0.4 is 9.47 Å². The summed E-state index contributed by atoms with van der Waals surface area (Å²) in [4.78, 5) is 15.2. The van der Waals surface area contributed by atoms with E-state index in [0.29, 0.717) is 32.9 Å². The Morgan fingerprint density at radius 1 is 1.39 bits per heavy atom. The number of carbonyl (C=O) groups is 1. The molecule has 7 heteroatoms. The van der Waals surface area contributed by atoms with E-state index in [1.165, 1.54) is 12.0 Å². The van der Waals surface area contributed by atoms with Crippen molar-refractivity contribution in [2.75, 3.05) is 27.8 Å². The monoisotopic (exact) mass is 350 g/mol. The number of nitrogens with zero attached hydrogens (tertiary/aromatic N) is 2. The zero-order chi connectivity index (χ0) is 17.1. The lowest BCUT2D eigenvalue weighted by molar-refractivity contribution is -0.121. The molecule has 120 valence electrons. The number of ether oxygens (including phenoxy) is 2. The van der Waals surface area contributed by atoms with Crippen molar-refractivity contribution in [2.24, 2.45) is 0 Å². The fourth-order valence-electron chi connectivity index (χ4n) is 2.12. The van der Waals surface area contributed by atoms with E-state index in [0.717, 1.165) is 0 Å². The lowest BCUT2D eigenvalue weighted by Gasteiger charge is -2.13. The van der Waals surface area contributed by atoms with Gasteiger partial charge in [-0.2, -0.15) is 0 Å². The van der Waals surface area contributed by atoms with Crippen molar-refractivity contribution in [2.45, 2.75) is 0 Å². The van der Waals surface area contributed by atoms with Crippen LogP contribution in [-0.2, 0) is 4.79 Å². The van der Waals surface area contributed by atoms with Crippen LogP contribution >= 0.6 is 23.8 Å². The fraction of sp³-hybridized carbons (Fsp3) is 0.250. The molecular weight excluding hydrogens is 336 g/mol. The molecular formula is C16H15ClN2O3S. The molecule has 1 aliphatic rings. The third-order valence-electron chi connectivity index (χ3n) is 3.31. The van der Waals surface area contributed by atoms with Crippen LogP contribution in [0.2, 0.25) is 5.02 Å². The minimum Gasteiger partial charge on any atom is -0.493 e. The Bertz CT molecular complexity index is 740. The Labute approximate surface area is 145 Å². The number of terminal acetylenes is 1. The fourth-order valence-corrected chi connectivity index (χ4v) is 2.58. The SMILES string of the molecule is C#CCOc1c(Cl)cc(/C=C2/C(=O)N(C)C(=S)N2C)cc1OC. The first-order chi connectivity index (χ1) is 10.9. The lowest BCUT2D eigenvalue weighted by atomic mass is 10.1. The van der Waals surface area contributed by atoms with Gasteiger partial charge in [0.05, 0.1) is 12.1 Å². The number of methoxy groups -OCH3 is 1. The number of thiocarbonyl (C=S) groups is 1. The number of benzene rings is 1. The molecule has 1 aliphatic heterocycles. The largest absolute Gasteiger partial charge is 0.493 e. The summed E-state index contributed by atoms with van der Waals surface area (Å²) >= 11 is 11.4. The summed E-state index contributed by atoms with van der Waals surface area (Å²) in [7, 11) is 4.87. The van der Waals surface area contributed by atoms with Crippen LogP contribution in [0.4, 0.5) is 0 Å². The van der Waals surface area contributed by atoms with E-state index in [4.69, 9.17) is 39.7 Å². The average Bonchev–Trinajstić information content (AvgIpc) is 2.71. The van der Waals surface area contributed by atoms with Crippen molar-refractivity contribution in [1.82, 2.24) is 9.80 Å². The van der Waals surface area contributed by atoms with Gasteiger partial charge in [0.25, 0.3) is 5.91 Å². The van der Waals surface area contributed by atoms with Gasteiger partial charge in [-0.05, 0) is 36.0 Å². The highest BCUT2D eigenvalue weighted by Gasteiger charge is 2.32. The highest BCUT2D eigenvalue weighted by Crippen LogP contribution is 2.37. The smallest absolute Gasteiger partial charge is 0.276 e. The third-order valence-corrected chi connectivity index (χ3v) is 4.14. The van der Waals surface area contributed by atoms with E-state index in [-0.39, 0.29) is 12.5 Å². The van der Waals surface area contributed by atoms with E-state index in [9.17, 15) is 4.79 Å². The van der Waals surface area contributed by atoms with Crippen molar-refractivity contribution in [3.63, 3.8) is 0 Å². The summed E-state index contributed by atoms with van der Waals surface area (Å²) in [6.45, 7) is 0.0802. The molecule has 2 rings (SSSR count). The molecule has 0 radical (unpaired) electrons. The third kappa shape index (κ3) is 3.26. The minimum atomic E-state index is -0.180. The molecule has 0 unspecified atom stereocenters. The number of hydrogen-bond donors (Lipinski definition) is 0. The van der Waals surface area contributed by atoms with Gasteiger partial charge in [0, 0.05) is 14.1 Å². The quantitative estimate of drug-likeness (QED) is 0.474. The highest BCUT2D eigenvalue weighted by atomic mass is 35.5. The van der Waals surface area contributed by atoms with Gasteiger partial charge < -0.3 is 14.4 Å². The molecule has 1 aromatic rings. The van der Waals surface area contributed by atoms with Gasteiger partial charge in [-0.15, -0.1) is 6.42 Å². The number of halogens is 1. The first-order valence-corrected chi connectivity index (χ1v) is 7.40. The normalized spacial score (nSPS) is 16.0. The Kier molecular flexibility index (Phi) is 5.14. The van der Waals surface area contributed by atoms with E-state index in [2.05, 4.69) is 5.92 Å². The molecule has 1 saturated heterocycles. The minimum absolute atomic E-state index is 0.0802.